The van der Waals surface area contributed by atoms with Crippen LogP contribution in [0.4, 0.5) is 0 Å². The molecule has 0 bridgehead atoms. The van der Waals surface area contributed by atoms with Gasteiger partial charge >= 0.3 is 0 Å². The second-order valence-corrected chi connectivity index (χ2v) is 5.43. The Labute approximate surface area is 155 Å². The quantitative estimate of drug-likeness (QED) is 0.338. The summed E-state index contributed by atoms with van der Waals surface area (Å²) >= 11 is 0. The van der Waals surface area contributed by atoms with Crippen LogP contribution in [0.2, 0.25) is 0 Å². The van der Waals surface area contributed by atoms with E-state index in [9.17, 15) is 9.59 Å². The largest absolute Gasteiger partial charge is 0.465 e. The monoisotopic (exact) mass is 363 g/mol. The van der Waals surface area contributed by atoms with Gasteiger partial charge in [-0.1, -0.05) is 30.3 Å². The van der Waals surface area contributed by atoms with Crippen molar-refractivity contribution in [2.24, 2.45) is 5.10 Å². The molecule has 0 aliphatic carbocycles. The van der Waals surface area contributed by atoms with Crippen molar-refractivity contribution in [3.8, 4) is 11.3 Å². The Morgan fingerprint density at radius 2 is 2.04 bits per heavy atom. The van der Waals surface area contributed by atoms with Crippen LogP contribution in [0.25, 0.3) is 17.3 Å². The number of carbonyl (C=O) groups excluding carboxylic acids is 2. The van der Waals surface area contributed by atoms with Crippen LogP contribution in [0.3, 0.4) is 0 Å². The first-order valence-electron chi connectivity index (χ1n) is 8.12. The maximum atomic E-state index is 11.8. The lowest BCUT2D eigenvalue weighted by Gasteiger charge is -2.01. The van der Waals surface area contributed by atoms with Crippen molar-refractivity contribution in [1.82, 2.24) is 20.9 Å². The van der Waals surface area contributed by atoms with Crippen LogP contribution in [0, 0.1) is 0 Å². The Morgan fingerprint density at radius 1 is 1.19 bits per heavy atom. The first-order chi connectivity index (χ1) is 13.2. The van der Waals surface area contributed by atoms with Gasteiger partial charge < -0.3 is 9.73 Å². The Bertz CT molecular complexity index is 943. The van der Waals surface area contributed by atoms with Gasteiger partial charge in [0, 0.05) is 17.2 Å². The number of furan rings is 1. The molecule has 0 aliphatic rings. The first-order valence-corrected chi connectivity index (χ1v) is 8.12. The van der Waals surface area contributed by atoms with Crippen LogP contribution < -0.4 is 10.7 Å². The van der Waals surface area contributed by atoms with Gasteiger partial charge in [-0.25, -0.2) is 5.43 Å². The number of nitrogens with zero attached hydrogens (tertiary/aromatic N) is 2. The van der Waals surface area contributed by atoms with Crippen LogP contribution in [0.15, 0.2) is 70.5 Å². The summed E-state index contributed by atoms with van der Waals surface area (Å²) in [7, 11) is 0. The van der Waals surface area contributed by atoms with Crippen LogP contribution in [-0.4, -0.2) is 34.8 Å². The fourth-order valence-corrected chi connectivity index (χ4v) is 2.21. The maximum Gasteiger partial charge on any atom is 0.259 e. The molecule has 1 aromatic carbocycles. The molecule has 3 N–H and O–H groups in total. The highest BCUT2D eigenvalue weighted by Crippen LogP contribution is 2.18. The van der Waals surface area contributed by atoms with E-state index in [1.165, 1.54) is 24.6 Å². The molecular weight excluding hydrogens is 346 g/mol. The van der Waals surface area contributed by atoms with E-state index < -0.39 is 11.8 Å². The van der Waals surface area contributed by atoms with Gasteiger partial charge in [0.25, 0.3) is 5.91 Å². The average Bonchev–Trinajstić information content (AvgIpc) is 3.37. The average molecular weight is 363 g/mol. The van der Waals surface area contributed by atoms with Gasteiger partial charge in [-0.05, 0) is 18.2 Å². The van der Waals surface area contributed by atoms with Crippen molar-refractivity contribution in [1.29, 1.82) is 0 Å². The van der Waals surface area contributed by atoms with E-state index in [4.69, 9.17) is 4.42 Å². The lowest BCUT2D eigenvalue weighted by atomic mass is 10.1. The van der Waals surface area contributed by atoms with Gasteiger partial charge in [-0.2, -0.15) is 10.2 Å². The van der Waals surface area contributed by atoms with E-state index in [0.29, 0.717) is 5.76 Å². The van der Waals surface area contributed by atoms with Crippen molar-refractivity contribution in [3.63, 3.8) is 0 Å². The maximum absolute atomic E-state index is 11.8. The lowest BCUT2D eigenvalue weighted by Crippen LogP contribution is -2.34. The summed E-state index contributed by atoms with van der Waals surface area (Å²) in [5.74, 6) is -0.309. The Kier molecular flexibility index (Phi) is 5.92. The minimum Gasteiger partial charge on any atom is -0.465 e. The molecule has 0 unspecified atom stereocenters. The van der Waals surface area contributed by atoms with Crippen LogP contribution >= 0.6 is 0 Å². The number of hydrogen-bond acceptors (Lipinski definition) is 5. The van der Waals surface area contributed by atoms with E-state index in [1.54, 1.807) is 18.3 Å². The Balaban J connectivity index is 1.47. The molecule has 3 rings (SSSR count). The molecule has 2 aromatic heterocycles. The van der Waals surface area contributed by atoms with Crippen molar-refractivity contribution in [2.45, 2.75) is 0 Å². The smallest absolute Gasteiger partial charge is 0.259 e. The fraction of sp³-hybridized carbons (Fsp3) is 0.0526. The van der Waals surface area contributed by atoms with Gasteiger partial charge in [0.1, 0.15) is 5.76 Å². The summed E-state index contributed by atoms with van der Waals surface area (Å²) in [6.07, 6.45) is 7.40. The van der Waals surface area contributed by atoms with E-state index >= 15 is 0 Å². The zero-order chi connectivity index (χ0) is 18.9. The van der Waals surface area contributed by atoms with Crippen molar-refractivity contribution < 1.29 is 14.0 Å². The first kappa shape index (κ1) is 17.9. The zero-order valence-electron chi connectivity index (χ0n) is 14.3. The molecular formula is C19H17N5O3. The molecule has 2 amide bonds. The molecule has 0 spiro atoms. The third kappa shape index (κ3) is 5.27. The van der Waals surface area contributed by atoms with Gasteiger partial charge in [-0.3, -0.25) is 14.7 Å². The van der Waals surface area contributed by atoms with Gasteiger partial charge in [0.05, 0.1) is 30.9 Å². The molecule has 0 fully saturated rings. The summed E-state index contributed by atoms with van der Waals surface area (Å²) < 4.78 is 5.07. The number of rotatable bonds is 7. The SMILES string of the molecule is O=C(/C=C\c1ccco1)NCC(=O)N/N=C/c1cn[nH]c1-c1ccccc1. The fourth-order valence-electron chi connectivity index (χ4n) is 2.21. The normalized spacial score (nSPS) is 11.1. The predicted octanol–water partition coefficient (Wildman–Crippen LogP) is 1.95. The molecule has 8 nitrogen and oxygen atoms in total. The summed E-state index contributed by atoms with van der Waals surface area (Å²) in [4.78, 5) is 23.4. The molecule has 0 saturated carbocycles. The van der Waals surface area contributed by atoms with Crippen LogP contribution in [0.5, 0.6) is 0 Å². The number of benzene rings is 1. The van der Waals surface area contributed by atoms with Crippen molar-refractivity contribution >= 4 is 24.1 Å². The molecule has 0 aliphatic heterocycles. The second-order valence-electron chi connectivity index (χ2n) is 5.43. The zero-order valence-corrected chi connectivity index (χ0v) is 14.3. The molecule has 0 atom stereocenters. The summed E-state index contributed by atoms with van der Waals surface area (Å²) in [5.41, 5.74) is 4.84. The number of amides is 2. The standard InChI is InChI=1S/C19H17N5O3/c25-17(9-8-16-7-4-10-27-16)20-13-18(26)23-21-11-15-12-22-24-19(15)14-5-2-1-3-6-14/h1-12H,13H2,(H,20,25)(H,22,24)(H,23,26)/b9-8-,21-11+. The molecule has 2 heterocycles. The number of aromatic amines is 1. The number of nitrogens with one attached hydrogen (secondary N) is 3. The Morgan fingerprint density at radius 3 is 2.81 bits per heavy atom. The number of hydrogen-bond donors (Lipinski definition) is 3. The molecule has 0 radical (unpaired) electrons. The number of aromatic nitrogens is 2. The van der Waals surface area contributed by atoms with Crippen LogP contribution in [0.1, 0.15) is 11.3 Å². The van der Waals surface area contributed by atoms with Gasteiger partial charge in [0.2, 0.25) is 5.91 Å². The highest BCUT2D eigenvalue weighted by Gasteiger charge is 2.06. The minimum atomic E-state index is -0.448. The Hall–Kier alpha value is -3.94. The number of H-pyrrole nitrogens is 1. The van der Waals surface area contributed by atoms with Gasteiger partial charge in [-0.15, -0.1) is 0 Å². The highest BCUT2D eigenvalue weighted by atomic mass is 16.3. The molecule has 8 heteroatoms. The summed E-state index contributed by atoms with van der Waals surface area (Å²) in [6.45, 7) is -0.199. The van der Waals surface area contributed by atoms with Gasteiger partial charge in [0.15, 0.2) is 0 Å². The van der Waals surface area contributed by atoms with Crippen molar-refractivity contribution in [2.75, 3.05) is 6.54 Å². The summed E-state index contributed by atoms with van der Waals surface area (Å²) in [6, 6.07) is 13.1. The molecule has 0 saturated heterocycles. The third-order valence-electron chi connectivity index (χ3n) is 3.49. The van der Waals surface area contributed by atoms with Crippen molar-refractivity contribution in [3.05, 3.63) is 72.3 Å². The summed E-state index contributed by atoms with van der Waals surface area (Å²) in [5, 5.41) is 13.2. The van der Waals surface area contributed by atoms with E-state index in [0.717, 1.165) is 16.8 Å². The topological polar surface area (TPSA) is 112 Å². The molecule has 27 heavy (non-hydrogen) atoms. The van der Waals surface area contributed by atoms with E-state index in [2.05, 4.69) is 26.0 Å². The molecule has 3 aromatic rings. The second kappa shape index (κ2) is 8.95. The van der Waals surface area contributed by atoms with E-state index in [1.807, 2.05) is 30.3 Å². The predicted molar refractivity (Wildman–Crippen MR) is 101 cm³/mol. The molecule has 136 valence electrons. The number of carbonyl (C=O) groups is 2. The minimum absolute atomic E-state index is 0.199. The highest BCUT2D eigenvalue weighted by molar-refractivity contribution is 5.94. The third-order valence-corrected chi connectivity index (χ3v) is 3.49. The van der Waals surface area contributed by atoms with Crippen LogP contribution in [-0.2, 0) is 9.59 Å². The lowest BCUT2D eigenvalue weighted by molar-refractivity contribution is -0.123. The van der Waals surface area contributed by atoms with E-state index in [-0.39, 0.29) is 6.54 Å². The number of hydrazone groups is 1.